The minimum absolute atomic E-state index is 0.0521. The van der Waals surface area contributed by atoms with Crippen LogP contribution in [0.15, 0.2) is 61.2 Å². The van der Waals surface area contributed by atoms with E-state index in [4.69, 9.17) is 16.3 Å². The molecule has 0 radical (unpaired) electrons. The van der Waals surface area contributed by atoms with E-state index in [2.05, 4.69) is 11.9 Å². The highest BCUT2D eigenvalue weighted by molar-refractivity contribution is 6.30. The molecule has 1 unspecified atom stereocenters. The van der Waals surface area contributed by atoms with Crippen LogP contribution in [0.4, 0.5) is 5.69 Å². The minimum Gasteiger partial charge on any atom is -0.489 e. The molecule has 0 bridgehead atoms. The van der Waals surface area contributed by atoms with E-state index in [-0.39, 0.29) is 17.9 Å². The van der Waals surface area contributed by atoms with Crippen molar-refractivity contribution in [3.8, 4) is 5.75 Å². The number of benzene rings is 2. The molecule has 5 nitrogen and oxygen atoms in total. The topological polar surface area (TPSA) is 58.6 Å². The fourth-order valence-corrected chi connectivity index (χ4v) is 2.95. The van der Waals surface area contributed by atoms with Gasteiger partial charge < -0.3 is 15.0 Å². The Morgan fingerprint density at radius 3 is 2.73 bits per heavy atom. The lowest BCUT2D eigenvalue weighted by molar-refractivity contribution is -0.111. The summed E-state index contributed by atoms with van der Waals surface area (Å²) in [5, 5.41) is 3.32. The maximum absolute atomic E-state index is 12.7. The number of carbonyl (C=O) groups excluding carboxylic acids is 2. The van der Waals surface area contributed by atoms with Gasteiger partial charge in [-0.3, -0.25) is 9.59 Å². The summed E-state index contributed by atoms with van der Waals surface area (Å²) in [6, 6.07) is 14.1. The predicted molar refractivity (Wildman–Crippen MR) is 102 cm³/mol. The quantitative estimate of drug-likeness (QED) is 0.815. The minimum atomic E-state index is -0.313. The van der Waals surface area contributed by atoms with Crippen LogP contribution in [0, 0.1) is 0 Å². The van der Waals surface area contributed by atoms with Gasteiger partial charge in [0.2, 0.25) is 5.91 Å². The van der Waals surface area contributed by atoms with Crippen LogP contribution in [0.1, 0.15) is 16.8 Å². The average molecular weight is 371 g/mol. The first-order chi connectivity index (χ1) is 12.5. The van der Waals surface area contributed by atoms with E-state index >= 15 is 0 Å². The molecular weight excluding hydrogens is 352 g/mol. The molecule has 6 heteroatoms. The molecule has 1 aliphatic heterocycles. The van der Waals surface area contributed by atoms with Crippen molar-refractivity contribution >= 4 is 29.1 Å². The Bertz CT molecular complexity index is 820. The third-order valence-corrected chi connectivity index (χ3v) is 4.36. The van der Waals surface area contributed by atoms with E-state index in [0.717, 1.165) is 12.2 Å². The first-order valence-electron chi connectivity index (χ1n) is 8.30. The van der Waals surface area contributed by atoms with Gasteiger partial charge in [-0.05, 0) is 48.5 Å². The van der Waals surface area contributed by atoms with Gasteiger partial charge in [-0.25, -0.2) is 0 Å². The van der Waals surface area contributed by atoms with E-state index in [0.29, 0.717) is 29.4 Å². The van der Waals surface area contributed by atoms with Crippen molar-refractivity contribution in [2.45, 2.75) is 12.5 Å². The normalized spacial score (nSPS) is 16.2. The van der Waals surface area contributed by atoms with E-state index in [9.17, 15) is 9.59 Å². The zero-order valence-electron chi connectivity index (χ0n) is 14.2. The van der Waals surface area contributed by atoms with Crippen LogP contribution in [0.25, 0.3) is 0 Å². The van der Waals surface area contributed by atoms with Crippen LogP contribution >= 0.6 is 11.6 Å². The van der Waals surface area contributed by atoms with Crippen LogP contribution in [0.5, 0.6) is 5.75 Å². The molecule has 26 heavy (non-hydrogen) atoms. The Hall–Kier alpha value is -2.79. The number of amides is 2. The number of nitrogens with zero attached hydrogens (tertiary/aromatic N) is 1. The maximum Gasteiger partial charge on any atom is 0.254 e. The first kappa shape index (κ1) is 18.0. The molecule has 2 aromatic carbocycles. The van der Waals surface area contributed by atoms with Gasteiger partial charge in [0.05, 0.1) is 6.54 Å². The molecule has 1 atom stereocenters. The molecule has 0 aromatic heterocycles. The second kappa shape index (κ2) is 8.06. The Balaban J connectivity index is 1.62. The molecule has 1 aliphatic rings. The van der Waals surface area contributed by atoms with E-state index in [1.165, 1.54) is 6.08 Å². The van der Waals surface area contributed by atoms with E-state index in [1.807, 2.05) is 12.1 Å². The van der Waals surface area contributed by atoms with Crippen LogP contribution in [-0.4, -0.2) is 35.9 Å². The molecule has 2 aromatic rings. The molecule has 0 saturated carbocycles. The van der Waals surface area contributed by atoms with Crippen molar-refractivity contribution in [1.82, 2.24) is 4.90 Å². The molecule has 134 valence electrons. The standard InChI is InChI=1S/C20H19ClN2O3/c1-2-19(24)22-16-5-3-4-14(12-16)20(25)23-11-10-18(13-23)26-17-8-6-15(21)7-9-17/h2-9,12,18H,1,10-11,13H2,(H,22,24). The van der Waals surface area contributed by atoms with E-state index in [1.54, 1.807) is 41.3 Å². The number of carbonyl (C=O) groups is 2. The van der Waals surface area contributed by atoms with Crippen molar-refractivity contribution in [3.63, 3.8) is 0 Å². The molecule has 1 fully saturated rings. The van der Waals surface area contributed by atoms with Gasteiger partial charge in [-0.15, -0.1) is 0 Å². The fourth-order valence-electron chi connectivity index (χ4n) is 2.82. The van der Waals surface area contributed by atoms with Crippen molar-refractivity contribution in [3.05, 3.63) is 71.8 Å². The molecule has 1 N–H and O–H groups in total. The number of nitrogens with one attached hydrogen (secondary N) is 1. The third-order valence-electron chi connectivity index (χ3n) is 4.11. The lowest BCUT2D eigenvalue weighted by atomic mass is 10.1. The average Bonchev–Trinajstić information content (AvgIpc) is 3.11. The number of hydrogen-bond acceptors (Lipinski definition) is 3. The van der Waals surface area contributed by atoms with Crippen LogP contribution < -0.4 is 10.1 Å². The van der Waals surface area contributed by atoms with Crippen LogP contribution in [0.3, 0.4) is 0 Å². The van der Waals surface area contributed by atoms with Gasteiger partial charge in [-0.1, -0.05) is 24.2 Å². The van der Waals surface area contributed by atoms with Crippen molar-refractivity contribution in [1.29, 1.82) is 0 Å². The highest BCUT2D eigenvalue weighted by atomic mass is 35.5. The summed E-state index contributed by atoms with van der Waals surface area (Å²) in [4.78, 5) is 25.9. The lowest BCUT2D eigenvalue weighted by Crippen LogP contribution is -2.31. The number of halogens is 1. The van der Waals surface area contributed by atoms with Crippen LogP contribution in [0.2, 0.25) is 5.02 Å². The Morgan fingerprint density at radius 1 is 1.23 bits per heavy atom. The number of ether oxygens (including phenoxy) is 1. The van der Waals surface area contributed by atoms with Gasteiger partial charge in [0.25, 0.3) is 5.91 Å². The Morgan fingerprint density at radius 2 is 2.00 bits per heavy atom. The second-order valence-electron chi connectivity index (χ2n) is 6.01. The number of hydrogen-bond donors (Lipinski definition) is 1. The van der Waals surface area contributed by atoms with Gasteiger partial charge >= 0.3 is 0 Å². The predicted octanol–water partition coefficient (Wildman–Crippen LogP) is 3.76. The van der Waals surface area contributed by atoms with Crippen LogP contribution in [-0.2, 0) is 4.79 Å². The highest BCUT2D eigenvalue weighted by Crippen LogP contribution is 2.22. The summed E-state index contributed by atoms with van der Waals surface area (Å²) in [7, 11) is 0. The van der Waals surface area contributed by atoms with Gasteiger partial charge in [-0.2, -0.15) is 0 Å². The summed E-state index contributed by atoms with van der Waals surface area (Å²) in [6.45, 7) is 4.56. The van der Waals surface area contributed by atoms with Gasteiger partial charge in [0.1, 0.15) is 11.9 Å². The molecular formula is C20H19ClN2O3. The fraction of sp³-hybridized carbons (Fsp3) is 0.200. The summed E-state index contributed by atoms with van der Waals surface area (Å²) < 4.78 is 5.92. The molecule has 1 heterocycles. The summed E-state index contributed by atoms with van der Waals surface area (Å²) >= 11 is 5.87. The largest absolute Gasteiger partial charge is 0.489 e. The third kappa shape index (κ3) is 4.43. The molecule has 0 spiro atoms. The van der Waals surface area contributed by atoms with Gasteiger partial charge in [0, 0.05) is 29.2 Å². The van der Waals surface area contributed by atoms with Crippen molar-refractivity contribution < 1.29 is 14.3 Å². The Labute approximate surface area is 157 Å². The Kier molecular flexibility index (Phi) is 5.58. The smallest absolute Gasteiger partial charge is 0.254 e. The first-order valence-corrected chi connectivity index (χ1v) is 8.68. The molecule has 2 amide bonds. The van der Waals surface area contributed by atoms with E-state index < -0.39 is 0 Å². The lowest BCUT2D eigenvalue weighted by Gasteiger charge is -2.18. The summed E-state index contributed by atoms with van der Waals surface area (Å²) in [5.41, 5.74) is 1.09. The van der Waals surface area contributed by atoms with Crippen molar-refractivity contribution in [2.75, 3.05) is 18.4 Å². The molecule has 0 aliphatic carbocycles. The summed E-state index contributed by atoms with van der Waals surface area (Å²) in [5.74, 6) is 0.344. The summed E-state index contributed by atoms with van der Waals surface area (Å²) in [6.07, 6.45) is 1.90. The van der Waals surface area contributed by atoms with Crippen molar-refractivity contribution in [2.24, 2.45) is 0 Å². The highest BCUT2D eigenvalue weighted by Gasteiger charge is 2.28. The molecule has 1 saturated heterocycles. The number of likely N-dealkylation sites (tertiary alicyclic amines) is 1. The molecule has 3 rings (SSSR count). The zero-order valence-corrected chi connectivity index (χ0v) is 14.9. The monoisotopic (exact) mass is 370 g/mol. The zero-order chi connectivity index (χ0) is 18.5. The maximum atomic E-state index is 12.7. The number of anilines is 1. The SMILES string of the molecule is C=CC(=O)Nc1cccc(C(=O)N2CCC(Oc3ccc(Cl)cc3)C2)c1. The number of rotatable bonds is 5. The second-order valence-corrected chi connectivity index (χ2v) is 6.44. The van der Waals surface area contributed by atoms with Gasteiger partial charge in [0.15, 0.2) is 0 Å².